The fourth-order valence-electron chi connectivity index (χ4n) is 3.52. The number of Topliss-reactive ketones (excluding diaryl/α,β-unsaturated/α-hetero) is 1. The van der Waals surface area contributed by atoms with Crippen LogP contribution in [0.15, 0.2) is 60.8 Å². The zero-order chi connectivity index (χ0) is 16.8. The zero-order valence-electron chi connectivity index (χ0n) is 13.4. The van der Waals surface area contributed by atoms with E-state index in [9.17, 15) is 4.79 Å². The SMILES string of the molecule is O=C1C[C@@H](c2ccccc2)Cc2c1cnn2-c1nc2ccccc2s1. The molecule has 0 saturated heterocycles. The van der Waals surface area contributed by atoms with Crippen LogP contribution in [0.1, 0.15) is 34.0 Å². The van der Waals surface area contributed by atoms with Crippen molar-refractivity contribution in [2.45, 2.75) is 18.8 Å². The van der Waals surface area contributed by atoms with Crippen LogP contribution in [0.5, 0.6) is 0 Å². The largest absolute Gasteiger partial charge is 0.294 e. The number of benzene rings is 2. The molecule has 2 aromatic carbocycles. The minimum absolute atomic E-state index is 0.169. The summed E-state index contributed by atoms with van der Waals surface area (Å²) in [6.45, 7) is 0. The van der Waals surface area contributed by atoms with Crippen molar-refractivity contribution in [1.82, 2.24) is 14.8 Å². The number of para-hydroxylation sites is 1. The van der Waals surface area contributed by atoms with E-state index in [1.165, 1.54) is 5.56 Å². The number of nitrogens with zero attached hydrogens (tertiary/aromatic N) is 3. The Kier molecular flexibility index (Phi) is 3.28. The molecule has 4 nitrogen and oxygen atoms in total. The Labute approximate surface area is 148 Å². The fraction of sp³-hybridized carbons (Fsp3) is 0.150. The highest BCUT2D eigenvalue weighted by Gasteiger charge is 2.30. The molecule has 1 atom stereocenters. The van der Waals surface area contributed by atoms with Crippen LogP contribution in [0.2, 0.25) is 0 Å². The maximum absolute atomic E-state index is 12.6. The molecular formula is C20H15N3OS. The number of thiazole rings is 1. The first-order valence-corrected chi connectivity index (χ1v) is 9.12. The molecule has 0 fully saturated rings. The zero-order valence-corrected chi connectivity index (χ0v) is 14.2. The fourth-order valence-corrected chi connectivity index (χ4v) is 4.47. The molecule has 0 saturated carbocycles. The topological polar surface area (TPSA) is 47.8 Å². The molecule has 1 aliphatic carbocycles. The molecule has 122 valence electrons. The molecule has 0 aliphatic heterocycles. The molecule has 25 heavy (non-hydrogen) atoms. The molecule has 2 aromatic heterocycles. The molecule has 4 aromatic rings. The summed E-state index contributed by atoms with van der Waals surface area (Å²) in [6.07, 6.45) is 3.05. The Bertz CT molecular complexity index is 1050. The summed E-state index contributed by atoms with van der Waals surface area (Å²) in [5, 5.41) is 5.31. The van der Waals surface area contributed by atoms with Crippen LogP contribution < -0.4 is 0 Å². The van der Waals surface area contributed by atoms with Crippen LogP contribution in [0, 0.1) is 0 Å². The van der Waals surface area contributed by atoms with Crippen LogP contribution in [-0.2, 0) is 6.42 Å². The first-order chi connectivity index (χ1) is 12.3. The molecule has 5 heteroatoms. The van der Waals surface area contributed by atoms with Gasteiger partial charge in [-0.05, 0) is 30.0 Å². The van der Waals surface area contributed by atoms with Crippen LogP contribution in [0.25, 0.3) is 15.3 Å². The van der Waals surface area contributed by atoms with Gasteiger partial charge in [0.05, 0.1) is 27.7 Å². The summed E-state index contributed by atoms with van der Waals surface area (Å²) >= 11 is 1.60. The standard InChI is InChI=1S/C20H15N3OS/c24-18-11-14(13-6-2-1-3-7-13)10-17-15(18)12-21-23(17)20-22-16-8-4-5-9-19(16)25-20/h1-9,12,14H,10-11H2/t14-/m0/s1. The van der Waals surface area contributed by atoms with Gasteiger partial charge in [0.25, 0.3) is 0 Å². The van der Waals surface area contributed by atoms with Gasteiger partial charge in [-0.15, -0.1) is 0 Å². The summed E-state index contributed by atoms with van der Waals surface area (Å²) in [5.74, 6) is 0.369. The van der Waals surface area contributed by atoms with Gasteiger partial charge in [0.1, 0.15) is 0 Å². The van der Waals surface area contributed by atoms with Crippen LogP contribution >= 0.6 is 11.3 Å². The smallest absolute Gasteiger partial charge is 0.211 e. The molecule has 0 bridgehead atoms. The first-order valence-electron chi connectivity index (χ1n) is 8.30. The second-order valence-corrected chi connectivity index (χ2v) is 7.33. The number of hydrogen-bond donors (Lipinski definition) is 0. The van der Waals surface area contributed by atoms with Crippen molar-refractivity contribution in [2.24, 2.45) is 0 Å². The number of fused-ring (bicyclic) bond motifs is 2. The molecule has 1 aliphatic rings. The second kappa shape index (κ2) is 5.63. The number of carbonyl (C=O) groups is 1. The molecule has 2 heterocycles. The van der Waals surface area contributed by atoms with Crippen molar-refractivity contribution in [3.8, 4) is 5.13 Å². The summed E-state index contributed by atoms with van der Waals surface area (Å²) < 4.78 is 2.98. The summed E-state index contributed by atoms with van der Waals surface area (Å²) in [7, 11) is 0. The monoisotopic (exact) mass is 345 g/mol. The Morgan fingerprint density at radius 1 is 1.00 bits per heavy atom. The summed E-state index contributed by atoms with van der Waals surface area (Å²) in [6, 6.07) is 18.3. The third kappa shape index (κ3) is 2.39. The predicted octanol–water partition coefficient (Wildman–Crippen LogP) is 4.39. The van der Waals surface area contributed by atoms with E-state index in [2.05, 4.69) is 23.3 Å². The minimum atomic E-state index is 0.169. The van der Waals surface area contributed by atoms with E-state index in [1.54, 1.807) is 17.5 Å². The normalized spacial score (nSPS) is 17.0. The predicted molar refractivity (Wildman–Crippen MR) is 98.6 cm³/mol. The number of carbonyl (C=O) groups excluding carboxylic acids is 1. The van der Waals surface area contributed by atoms with Crippen LogP contribution in [0.3, 0.4) is 0 Å². The van der Waals surface area contributed by atoms with Crippen molar-refractivity contribution >= 4 is 27.3 Å². The van der Waals surface area contributed by atoms with E-state index in [0.717, 1.165) is 33.0 Å². The van der Waals surface area contributed by atoms with Gasteiger partial charge in [-0.1, -0.05) is 53.8 Å². The molecule has 0 radical (unpaired) electrons. The lowest BCUT2D eigenvalue weighted by Gasteiger charge is -2.22. The molecular weight excluding hydrogens is 330 g/mol. The number of hydrogen-bond acceptors (Lipinski definition) is 4. The van der Waals surface area contributed by atoms with Crippen LogP contribution in [-0.4, -0.2) is 20.5 Å². The Morgan fingerprint density at radius 2 is 1.80 bits per heavy atom. The Balaban J connectivity index is 1.60. The number of rotatable bonds is 2. The third-order valence-electron chi connectivity index (χ3n) is 4.78. The van der Waals surface area contributed by atoms with Crippen molar-refractivity contribution in [1.29, 1.82) is 0 Å². The number of aromatic nitrogens is 3. The van der Waals surface area contributed by atoms with Gasteiger partial charge >= 0.3 is 0 Å². The van der Waals surface area contributed by atoms with Gasteiger partial charge in [-0.25, -0.2) is 9.67 Å². The van der Waals surface area contributed by atoms with Gasteiger partial charge in [0, 0.05) is 6.42 Å². The van der Waals surface area contributed by atoms with E-state index in [0.29, 0.717) is 6.42 Å². The van der Waals surface area contributed by atoms with E-state index in [1.807, 2.05) is 41.1 Å². The second-order valence-electron chi connectivity index (χ2n) is 6.32. The quantitative estimate of drug-likeness (QED) is 0.541. The molecule has 0 N–H and O–H groups in total. The highest BCUT2D eigenvalue weighted by Crippen LogP contribution is 2.34. The van der Waals surface area contributed by atoms with Crippen molar-refractivity contribution in [3.05, 3.63) is 77.6 Å². The Hall–Kier alpha value is -2.79. The van der Waals surface area contributed by atoms with Crippen molar-refractivity contribution in [3.63, 3.8) is 0 Å². The molecule has 5 rings (SSSR count). The minimum Gasteiger partial charge on any atom is -0.294 e. The molecule has 0 amide bonds. The first kappa shape index (κ1) is 14.5. The third-order valence-corrected chi connectivity index (χ3v) is 5.79. The maximum Gasteiger partial charge on any atom is 0.211 e. The van der Waals surface area contributed by atoms with Crippen molar-refractivity contribution in [2.75, 3.05) is 0 Å². The van der Waals surface area contributed by atoms with Gasteiger partial charge in [0.2, 0.25) is 5.13 Å². The maximum atomic E-state index is 12.6. The van der Waals surface area contributed by atoms with Gasteiger partial charge in [-0.3, -0.25) is 4.79 Å². The lowest BCUT2D eigenvalue weighted by molar-refractivity contribution is 0.0964. The van der Waals surface area contributed by atoms with Gasteiger partial charge in [0.15, 0.2) is 5.78 Å². The van der Waals surface area contributed by atoms with Gasteiger partial charge < -0.3 is 0 Å². The number of ketones is 1. The van der Waals surface area contributed by atoms with E-state index in [-0.39, 0.29) is 11.7 Å². The summed E-state index contributed by atoms with van der Waals surface area (Å²) in [4.78, 5) is 17.3. The average molecular weight is 345 g/mol. The highest BCUT2D eigenvalue weighted by atomic mass is 32.1. The van der Waals surface area contributed by atoms with E-state index < -0.39 is 0 Å². The molecule has 0 unspecified atom stereocenters. The Morgan fingerprint density at radius 3 is 2.64 bits per heavy atom. The van der Waals surface area contributed by atoms with Gasteiger partial charge in [-0.2, -0.15) is 5.10 Å². The summed E-state index contributed by atoms with van der Waals surface area (Å²) in [5.41, 5.74) is 3.89. The lowest BCUT2D eigenvalue weighted by Crippen LogP contribution is -2.20. The van der Waals surface area contributed by atoms with Crippen LogP contribution in [0.4, 0.5) is 0 Å². The van der Waals surface area contributed by atoms with E-state index >= 15 is 0 Å². The van der Waals surface area contributed by atoms with E-state index in [4.69, 9.17) is 4.98 Å². The van der Waals surface area contributed by atoms with Crippen molar-refractivity contribution < 1.29 is 4.79 Å². The highest BCUT2D eigenvalue weighted by molar-refractivity contribution is 7.20. The molecule has 0 spiro atoms. The average Bonchev–Trinajstić information content (AvgIpc) is 3.26. The lowest BCUT2D eigenvalue weighted by atomic mass is 9.82.